The van der Waals surface area contributed by atoms with E-state index in [9.17, 15) is 18.0 Å². The summed E-state index contributed by atoms with van der Waals surface area (Å²) in [5.74, 6) is -0.278. The number of halogens is 4. The molecule has 0 saturated heterocycles. The van der Waals surface area contributed by atoms with Crippen molar-refractivity contribution in [1.29, 1.82) is 0 Å². The SMILES string of the molecule is C[C@H](C(N)=O)N(Cc1ccc(C(F)(F)F)cc1)c1cncc(-c2c[nH]c3ncc(Cl)cc23)n1. The first-order valence-electron chi connectivity index (χ1n) is 9.80. The molecule has 0 bridgehead atoms. The summed E-state index contributed by atoms with van der Waals surface area (Å²) in [4.78, 5) is 29.7. The number of carbonyl (C=O) groups excluding carboxylic acids is 1. The number of anilines is 1. The van der Waals surface area contributed by atoms with Gasteiger partial charge in [0.2, 0.25) is 5.91 Å². The summed E-state index contributed by atoms with van der Waals surface area (Å²) >= 11 is 6.08. The number of pyridine rings is 1. The van der Waals surface area contributed by atoms with Gasteiger partial charge in [-0.05, 0) is 30.7 Å². The Kier molecular flexibility index (Phi) is 5.94. The number of hydrogen-bond acceptors (Lipinski definition) is 5. The number of nitrogens with one attached hydrogen (secondary N) is 1. The molecule has 170 valence electrons. The van der Waals surface area contributed by atoms with Gasteiger partial charge in [0.1, 0.15) is 17.5 Å². The lowest BCUT2D eigenvalue weighted by Crippen LogP contribution is -2.43. The Morgan fingerprint density at radius 1 is 1.21 bits per heavy atom. The topological polar surface area (TPSA) is 101 Å². The van der Waals surface area contributed by atoms with Crippen molar-refractivity contribution in [2.75, 3.05) is 4.90 Å². The van der Waals surface area contributed by atoms with Gasteiger partial charge in [0.15, 0.2) is 0 Å². The molecule has 11 heteroatoms. The molecule has 0 spiro atoms. The number of carbonyl (C=O) groups is 1. The molecule has 33 heavy (non-hydrogen) atoms. The summed E-state index contributed by atoms with van der Waals surface area (Å²) in [7, 11) is 0. The fourth-order valence-corrected chi connectivity index (χ4v) is 3.54. The zero-order chi connectivity index (χ0) is 23.8. The van der Waals surface area contributed by atoms with Crippen LogP contribution in [-0.4, -0.2) is 31.9 Å². The Balaban J connectivity index is 1.71. The van der Waals surface area contributed by atoms with Crippen LogP contribution in [0.3, 0.4) is 0 Å². The van der Waals surface area contributed by atoms with E-state index in [-0.39, 0.29) is 6.54 Å². The lowest BCUT2D eigenvalue weighted by Gasteiger charge is -2.28. The van der Waals surface area contributed by atoms with Crippen LogP contribution >= 0.6 is 11.6 Å². The number of aromatic nitrogens is 4. The van der Waals surface area contributed by atoms with Crippen LogP contribution in [0.2, 0.25) is 5.02 Å². The molecule has 7 nitrogen and oxygen atoms in total. The van der Waals surface area contributed by atoms with Gasteiger partial charge >= 0.3 is 6.18 Å². The number of alkyl halides is 3. The van der Waals surface area contributed by atoms with Crippen molar-refractivity contribution in [3.63, 3.8) is 0 Å². The summed E-state index contributed by atoms with van der Waals surface area (Å²) in [6.07, 6.45) is 1.83. The lowest BCUT2D eigenvalue weighted by atomic mass is 10.1. The predicted octanol–water partition coefficient (Wildman–Crippen LogP) is 4.57. The van der Waals surface area contributed by atoms with Gasteiger partial charge in [-0.1, -0.05) is 23.7 Å². The first kappa shape index (κ1) is 22.5. The van der Waals surface area contributed by atoms with Gasteiger partial charge in [-0.3, -0.25) is 9.78 Å². The molecule has 0 fully saturated rings. The second-order valence-electron chi connectivity index (χ2n) is 7.42. The third-order valence-electron chi connectivity index (χ3n) is 5.20. The van der Waals surface area contributed by atoms with Crippen LogP contribution in [0.25, 0.3) is 22.3 Å². The largest absolute Gasteiger partial charge is 0.416 e. The summed E-state index contributed by atoms with van der Waals surface area (Å²) in [6.45, 7) is 1.69. The zero-order valence-electron chi connectivity index (χ0n) is 17.3. The molecule has 1 atom stereocenters. The van der Waals surface area contributed by atoms with E-state index in [1.165, 1.54) is 24.5 Å². The number of primary amides is 1. The van der Waals surface area contributed by atoms with Crippen molar-refractivity contribution in [2.45, 2.75) is 25.7 Å². The minimum atomic E-state index is -4.43. The van der Waals surface area contributed by atoms with Gasteiger partial charge in [-0.25, -0.2) is 9.97 Å². The summed E-state index contributed by atoms with van der Waals surface area (Å²) in [5.41, 5.74) is 7.14. The molecule has 0 aliphatic carbocycles. The average Bonchev–Trinajstić information content (AvgIpc) is 3.20. The zero-order valence-corrected chi connectivity index (χ0v) is 18.0. The minimum Gasteiger partial charge on any atom is -0.368 e. The number of fused-ring (bicyclic) bond motifs is 1. The lowest BCUT2D eigenvalue weighted by molar-refractivity contribution is -0.137. The van der Waals surface area contributed by atoms with Crippen LogP contribution < -0.4 is 10.6 Å². The van der Waals surface area contributed by atoms with Crippen LogP contribution in [0.1, 0.15) is 18.1 Å². The Labute approximate surface area is 191 Å². The third-order valence-corrected chi connectivity index (χ3v) is 5.41. The van der Waals surface area contributed by atoms with Gasteiger partial charge in [0, 0.05) is 29.9 Å². The highest BCUT2D eigenvalue weighted by Gasteiger charge is 2.30. The van der Waals surface area contributed by atoms with Crippen LogP contribution in [0.5, 0.6) is 0 Å². The van der Waals surface area contributed by atoms with Crippen LogP contribution in [0.4, 0.5) is 19.0 Å². The minimum absolute atomic E-state index is 0.0989. The van der Waals surface area contributed by atoms with Crippen LogP contribution in [0.15, 0.2) is 55.1 Å². The first-order chi connectivity index (χ1) is 15.6. The Morgan fingerprint density at radius 3 is 2.61 bits per heavy atom. The number of nitrogens with two attached hydrogens (primary N) is 1. The van der Waals surface area contributed by atoms with Crippen molar-refractivity contribution >= 4 is 34.4 Å². The molecular weight excluding hydrogens is 457 g/mol. The Bertz CT molecular complexity index is 1310. The normalized spacial score (nSPS) is 12.6. The van der Waals surface area contributed by atoms with E-state index >= 15 is 0 Å². The van der Waals surface area contributed by atoms with Gasteiger partial charge in [0.25, 0.3) is 0 Å². The van der Waals surface area contributed by atoms with E-state index in [0.717, 1.165) is 17.5 Å². The second-order valence-corrected chi connectivity index (χ2v) is 7.85. The highest BCUT2D eigenvalue weighted by Crippen LogP contribution is 2.31. The molecule has 1 amide bonds. The molecular formula is C22H18ClF3N6O. The van der Waals surface area contributed by atoms with Crippen LogP contribution in [0, 0.1) is 0 Å². The highest BCUT2D eigenvalue weighted by atomic mass is 35.5. The van der Waals surface area contributed by atoms with E-state index in [1.54, 1.807) is 30.3 Å². The van der Waals surface area contributed by atoms with E-state index in [0.29, 0.717) is 33.3 Å². The van der Waals surface area contributed by atoms with E-state index in [2.05, 4.69) is 19.9 Å². The number of hydrogen-bond donors (Lipinski definition) is 2. The summed E-state index contributed by atoms with van der Waals surface area (Å²) < 4.78 is 38.7. The molecule has 0 saturated carbocycles. The number of benzene rings is 1. The maximum absolute atomic E-state index is 12.9. The van der Waals surface area contributed by atoms with E-state index in [1.807, 2.05) is 0 Å². The molecule has 4 aromatic rings. The number of rotatable bonds is 6. The summed E-state index contributed by atoms with van der Waals surface area (Å²) in [5, 5.41) is 1.20. The monoisotopic (exact) mass is 474 g/mol. The fraction of sp³-hybridized carbons (Fsp3) is 0.182. The number of nitrogens with zero attached hydrogens (tertiary/aromatic N) is 4. The molecule has 3 aromatic heterocycles. The molecule has 0 radical (unpaired) electrons. The van der Waals surface area contributed by atoms with Crippen molar-refractivity contribution in [1.82, 2.24) is 19.9 Å². The maximum Gasteiger partial charge on any atom is 0.416 e. The molecule has 0 aliphatic heterocycles. The van der Waals surface area contributed by atoms with Gasteiger partial charge in [-0.2, -0.15) is 13.2 Å². The number of amides is 1. The maximum atomic E-state index is 12.9. The molecule has 0 aliphatic rings. The van der Waals surface area contributed by atoms with E-state index in [4.69, 9.17) is 17.3 Å². The van der Waals surface area contributed by atoms with Crippen LogP contribution in [-0.2, 0) is 17.5 Å². The van der Waals surface area contributed by atoms with E-state index < -0.39 is 23.7 Å². The predicted molar refractivity (Wildman–Crippen MR) is 118 cm³/mol. The average molecular weight is 475 g/mol. The molecule has 3 heterocycles. The van der Waals surface area contributed by atoms with Crippen molar-refractivity contribution < 1.29 is 18.0 Å². The highest BCUT2D eigenvalue weighted by molar-refractivity contribution is 6.31. The number of H-pyrrole nitrogens is 1. The fourth-order valence-electron chi connectivity index (χ4n) is 3.38. The standard InChI is InChI=1S/C22H18ClF3N6O/c1-12(20(27)33)32(11-13-2-4-14(5-3-13)22(24,25)26)19-10-28-9-18(31-19)17-8-30-21-16(17)6-15(23)7-29-21/h2-10,12H,11H2,1H3,(H2,27,33)(H,29,30)/t12-/m1/s1. The van der Waals surface area contributed by atoms with Crippen molar-refractivity contribution in [2.24, 2.45) is 5.73 Å². The van der Waals surface area contributed by atoms with Crippen molar-refractivity contribution in [3.05, 3.63) is 71.3 Å². The first-order valence-corrected chi connectivity index (χ1v) is 10.2. The third kappa shape index (κ3) is 4.75. The van der Waals surface area contributed by atoms with Crippen molar-refractivity contribution in [3.8, 4) is 11.3 Å². The molecule has 4 rings (SSSR count). The second kappa shape index (κ2) is 8.70. The molecule has 3 N–H and O–H groups in total. The van der Waals surface area contributed by atoms with Gasteiger partial charge < -0.3 is 15.6 Å². The quantitative estimate of drug-likeness (QED) is 0.426. The Morgan fingerprint density at radius 2 is 1.94 bits per heavy atom. The van der Waals surface area contributed by atoms with Gasteiger partial charge in [-0.15, -0.1) is 0 Å². The van der Waals surface area contributed by atoms with Gasteiger partial charge in [0.05, 0.1) is 28.7 Å². The smallest absolute Gasteiger partial charge is 0.368 e. The number of aromatic amines is 1. The molecule has 0 unspecified atom stereocenters. The molecule has 1 aromatic carbocycles. The Hall–Kier alpha value is -3.66. The summed E-state index contributed by atoms with van der Waals surface area (Å²) in [6, 6.07) is 5.65.